The van der Waals surface area contributed by atoms with Crippen LogP contribution in [0.1, 0.15) is 16.1 Å². The Kier molecular flexibility index (Phi) is 4.66. The van der Waals surface area contributed by atoms with Crippen molar-refractivity contribution in [3.05, 3.63) is 58.9 Å². The molecule has 24 heavy (non-hydrogen) atoms. The number of pyridine rings is 1. The third-order valence-electron chi connectivity index (χ3n) is 3.79. The molecule has 0 aliphatic carbocycles. The summed E-state index contributed by atoms with van der Waals surface area (Å²) >= 11 is 6.07. The monoisotopic (exact) mass is 345 g/mol. The maximum absolute atomic E-state index is 12.2. The summed E-state index contributed by atoms with van der Waals surface area (Å²) in [6, 6.07) is 10.5. The number of benzene rings is 1. The van der Waals surface area contributed by atoms with Crippen LogP contribution in [0.15, 0.2) is 42.6 Å². The van der Waals surface area contributed by atoms with Crippen molar-refractivity contribution >= 4 is 23.4 Å². The molecule has 6 nitrogen and oxygen atoms in total. The summed E-state index contributed by atoms with van der Waals surface area (Å²) in [6.45, 7) is 0.995. The molecule has 0 saturated carbocycles. The minimum atomic E-state index is -0.606. The number of carbonyl (C=O) groups is 2. The van der Waals surface area contributed by atoms with Crippen LogP contribution in [0, 0.1) is 0 Å². The van der Waals surface area contributed by atoms with Gasteiger partial charge in [-0.3, -0.25) is 14.6 Å². The predicted octanol–water partition coefficient (Wildman–Crippen LogP) is 1.67. The Morgan fingerprint density at radius 1 is 1.29 bits per heavy atom. The van der Waals surface area contributed by atoms with Gasteiger partial charge in [0.15, 0.2) is 0 Å². The predicted molar refractivity (Wildman–Crippen MR) is 88.9 cm³/mol. The molecule has 3 rings (SSSR count). The van der Waals surface area contributed by atoms with E-state index >= 15 is 0 Å². The van der Waals surface area contributed by atoms with Gasteiger partial charge in [-0.05, 0) is 17.7 Å². The molecule has 2 heterocycles. The van der Waals surface area contributed by atoms with Crippen molar-refractivity contribution in [2.45, 2.75) is 12.5 Å². The van der Waals surface area contributed by atoms with E-state index in [-0.39, 0.29) is 24.1 Å². The van der Waals surface area contributed by atoms with Gasteiger partial charge in [0.1, 0.15) is 17.5 Å². The van der Waals surface area contributed by atoms with Gasteiger partial charge in [0.2, 0.25) is 5.91 Å². The molecule has 2 N–H and O–H groups in total. The summed E-state index contributed by atoms with van der Waals surface area (Å²) in [4.78, 5) is 28.9. The van der Waals surface area contributed by atoms with Gasteiger partial charge in [-0.15, -0.1) is 0 Å². The number of nitrogens with two attached hydrogens (primary N) is 1. The average molecular weight is 346 g/mol. The van der Waals surface area contributed by atoms with Crippen LogP contribution < -0.4 is 10.5 Å². The first kappa shape index (κ1) is 16.3. The Balaban J connectivity index is 1.52. The number of likely N-dealkylation sites (tertiary alicyclic amines) is 1. The maximum Gasteiger partial charge on any atom is 0.267 e. The molecular weight excluding hydrogens is 330 g/mol. The Morgan fingerprint density at radius 3 is 2.75 bits per heavy atom. The molecule has 1 aromatic heterocycles. The molecule has 124 valence electrons. The zero-order chi connectivity index (χ0) is 17.1. The van der Waals surface area contributed by atoms with Crippen molar-refractivity contribution in [2.75, 3.05) is 13.1 Å². The summed E-state index contributed by atoms with van der Waals surface area (Å²) < 4.78 is 5.73. The third-order valence-corrected chi connectivity index (χ3v) is 4.16. The highest BCUT2D eigenvalue weighted by atomic mass is 35.5. The largest absolute Gasteiger partial charge is 0.487 e. The molecule has 0 spiro atoms. The van der Waals surface area contributed by atoms with Crippen LogP contribution in [0.2, 0.25) is 5.02 Å². The highest BCUT2D eigenvalue weighted by molar-refractivity contribution is 6.31. The first-order valence-corrected chi connectivity index (χ1v) is 7.84. The zero-order valence-corrected chi connectivity index (χ0v) is 13.6. The van der Waals surface area contributed by atoms with Gasteiger partial charge in [0, 0.05) is 17.3 Å². The van der Waals surface area contributed by atoms with Crippen LogP contribution >= 0.6 is 11.6 Å². The van der Waals surface area contributed by atoms with Crippen LogP contribution in [0.5, 0.6) is 5.75 Å². The number of aromatic nitrogens is 1. The minimum absolute atomic E-state index is 0.00973. The second-order valence-electron chi connectivity index (χ2n) is 5.55. The van der Waals surface area contributed by atoms with Gasteiger partial charge < -0.3 is 15.4 Å². The Hall–Kier alpha value is -2.60. The van der Waals surface area contributed by atoms with Crippen molar-refractivity contribution in [3.63, 3.8) is 0 Å². The number of carbonyl (C=O) groups excluding carboxylic acids is 2. The number of rotatable bonds is 5. The highest BCUT2D eigenvalue weighted by Gasteiger charge is 2.32. The summed E-state index contributed by atoms with van der Waals surface area (Å²) in [7, 11) is 0. The van der Waals surface area contributed by atoms with Crippen LogP contribution in [-0.4, -0.2) is 40.9 Å². The number of amides is 2. The van der Waals surface area contributed by atoms with Crippen molar-refractivity contribution in [3.8, 4) is 5.75 Å². The highest BCUT2D eigenvalue weighted by Crippen LogP contribution is 2.21. The summed E-state index contributed by atoms with van der Waals surface area (Å²) in [5.74, 6) is -0.0805. The molecule has 1 aromatic carbocycles. The molecule has 2 amide bonds. The van der Waals surface area contributed by atoms with E-state index in [1.807, 2.05) is 18.2 Å². The fourth-order valence-corrected chi connectivity index (χ4v) is 2.65. The van der Waals surface area contributed by atoms with Gasteiger partial charge >= 0.3 is 0 Å². The lowest BCUT2D eigenvalue weighted by atomic mass is 10.1. The number of nitrogens with zero attached hydrogens (tertiary/aromatic N) is 2. The standard InChI is InChI=1S/C17H16ClN3O3/c18-14-4-2-1-3-11(14)7-16(22)21-9-13(10-21)24-12-5-6-20-15(8-12)17(19)23/h1-6,8,13H,7,9-10H2,(H2,19,23). The summed E-state index contributed by atoms with van der Waals surface area (Å²) in [6.07, 6.45) is 1.63. The van der Waals surface area contributed by atoms with E-state index in [9.17, 15) is 9.59 Å². The zero-order valence-electron chi connectivity index (χ0n) is 12.8. The van der Waals surface area contributed by atoms with E-state index in [0.717, 1.165) is 5.56 Å². The van der Waals surface area contributed by atoms with Crippen LogP contribution in [-0.2, 0) is 11.2 Å². The fourth-order valence-electron chi connectivity index (χ4n) is 2.44. The molecule has 1 aliphatic heterocycles. The number of ether oxygens (including phenoxy) is 1. The molecule has 0 radical (unpaired) electrons. The smallest absolute Gasteiger partial charge is 0.267 e. The van der Waals surface area contributed by atoms with Crippen LogP contribution in [0.4, 0.5) is 0 Å². The quantitative estimate of drug-likeness (QED) is 0.893. The Morgan fingerprint density at radius 2 is 2.04 bits per heavy atom. The maximum atomic E-state index is 12.2. The van der Waals surface area contributed by atoms with Gasteiger partial charge in [-0.25, -0.2) is 0 Å². The number of hydrogen-bond acceptors (Lipinski definition) is 4. The molecule has 7 heteroatoms. The second kappa shape index (κ2) is 6.88. The first-order valence-electron chi connectivity index (χ1n) is 7.46. The number of hydrogen-bond donors (Lipinski definition) is 1. The lowest BCUT2D eigenvalue weighted by Gasteiger charge is -2.39. The second-order valence-corrected chi connectivity index (χ2v) is 5.96. The van der Waals surface area contributed by atoms with E-state index in [1.54, 1.807) is 17.0 Å². The van der Waals surface area contributed by atoms with Gasteiger partial charge in [0.05, 0.1) is 19.5 Å². The molecular formula is C17H16ClN3O3. The van der Waals surface area contributed by atoms with E-state index in [1.165, 1.54) is 12.3 Å². The van der Waals surface area contributed by atoms with E-state index < -0.39 is 5.91 Å². The number of halogens is 1. The molecule has 2 aromatic rings. The molecule has 0 unspecified atom stereocenters. The molecule has 0 atom stereocenters. The molecule has 0 bridgehead atoms. The molecule has 1 saturated heterocycles. The van der Waals surface area contributed by atoms with Gasteiger partial charge in [-0.2, -0.15) is 0 Å². The first-order chi connectivity index (χ1) is 11.5. The van der Waals surface area contributed by atoms with Gasteiger partial charge in [0.25, 0.3) is 5.91 Å². The number of primary amides is 1. The summed E-state index contributed by atoms with van der Waals surface area (Å²) in [5, 5.41) is 0.593. The van der Waals surface area contributed by atoms with Crippen molar-refractivity contribution in [1.29, 1.82) is 0 Å². The van der Waals surface area contributed by atoms with Gasteiger partial charge in [-0.1, -0.05) is 29.8 Å². The topological polar surface area (TPSA) is 85.5 Å². The average Bonchev–Trinajstić information content (AvgIpc) is 2.53. The van der Waals surface area contributed by atoms with E-state index in [0.29, 0.717) is 23.9 Å². The summed E-state index contributed by atoms with van der Waals surface area (Å²) in [5.41, 5.74) is 6.15. The minimum Gasteiger partial charge on any atom is -0.487 e. The van der Waals surface area contributed by atoms with E-state index in [4.69, 9.17) is 22.1 Å². The van der Waals surface area contributed by atoms with Crippen LogP contribution in [0.3, 0.4) is 0 Å². The van der Waals surface area contributed by atoms with Crippen molar-refractivity contribution in [1.82, 2.24) is 9.88 Å². The van der Waals surface area contributed by atoms with Crippen molar-refractivity contribution in [2.24, 2.45) is 5.73 Å². The Labute approximate surface area is 144 Å². The van der Waals surface area contributed by atoms with Crippen LogP contribution in [0.25, 0.3) is 0 Å². The normalized spacial score (nSPS) is 14.1. The molecule has 1 aliphatic rings. The SMILES string of the molecule is NC(=O)c1cc(OC2CN(C(=O)Cc3ccccc3Cl)C2)ccn1. The van der Waals surface area contributed by atoms with Crippen molar-refractivity contribution < 1.29 is 14.3 Å². The lowest BCUT2D eigenvalue weighted by molar-refractivity contribution is -0.139. The third kappa shape index (κ3) is 3.65. The lowest BCUT2D eigenvalue weighted by Crippen LogP contribution is -2.56. The Bertz CT molecular complexity index is 775. The fraction of sp³-hybridized carbons (Fsp3) is 0.235. The van der Waals surface area contributed by atoms with E-state index in [2.05, 4.69) is 4.98 Å². The molecule has 1 fully saturated rings.